The maximum atomic E-state index is 15.0. The summed E-state index contributed by atoms with van der Waals surface area (Å²) in [7, 11) is 0. The highest BCUT2D eigenvalue weighted by Gasteiger charge is 2.20. The van der Waals surface area contributed by atoms with Crippen molar-refractivity contribution < 1.29 is 8.81 Å². The number of aromatic nitrogens is 1. The molecule has 0 spiro atoms. The molecule has 5 rings (SSSR count). The number of hydrogen-bond donors (Lipinski definition) is 1. The van der Waals surface area contributed by atoms with Crippen LogP contribution in [0.5, 0.6) is 0 Å². The Labute approximate surface area is 189 Å². The number of nitrogens with one attached hydrogen (secondary N) is 1. The monoisotopic (exact) mass is 459 g/mol. The highest BCUT2D eigenvalue weighted by atomic mass is 35.5. The van der Waals surface area contributed by atoms with E-state index in [1.807, 2.05) is 17.9 Å². The fourth-order valence-corrected chi connectivity index (χ4v) is 4.32. The van der Waals surface area contributed by atoms with Crippen LogP contribution in [0.2, 0.25) is 5.02 Å². The van der Waals surface area contributed by atoms with Crippen molar-refractivity contribution in [2.24, 2.45) is 0 Å². The molecule has 0 bridgehead atoms. The van der Waals surface area contributed by atoms with Gasteiger partial charge in [-0.2, -0.15) is 0 Å². The highest BCUT2D eigenvalue weighted by Crippen LogP contribution is 2.34. The molecule has 0 unspecified atom stereocenters. The lowest BCUT2D eigenvalue weighted by Crippen LogP contribution is -2.43. The minimum atomic E-state index is -0.301. The number of piperazine rings is 1. The number of nitrogens with zero attached hydrogens (tertiary/aromatic N) is 2. The molecule has 5 nitrogen and oxygen atoms in total. The minimum absolute atomic E-state index is 0. The number of benzene rings is 2. The molecule has 0 radical (unpaired) electrons. The number of anilines is 1. The van der Waals surface area contributed by atoms with Crippen molar-refractivity contribution in [2.75, 3.05) is 31.1 Å². The Morgan fingerprint density at radius 1 is 1.19 bits per heavy atom. The molecule has 1 N–H and O–H groups in total. The topological polar surface area (TPSA) is 58.4 Å². The van der Waals surface area contributed by atoms with Crippen LogP contribution in [0.4, 0.5) is 10.1 Å². The molecule has 0 aliphatic carbocycles. The molecule has 0 saturated carbocycles. The van der Waals surface area contributed by atoms with E-state index in [0.717, 1.165) is 31.7 Å². The predicted octanol–water partition coefficient (Wildman–Crippen LogP) is 4.94. The van der Waals surface area contributed by atoms with Crippen LogP contribution in [0.25, 0.3) is 33.2 Å². The Morgan fingerprint density at radius 2 is 1.97 bits per heavy atom. The van der Waals surface area contributed by atoms with Gasteiger partial charge >= 0.3 is 0 Å². The Kier molecular flexibility index (Phi) is 5.88. The summed E-state index contributed by atoms with van der Waals surface area (Å²) in [4.78, 5) is 19.4. The summed E-state index contributed by atoms with van der Waals surface area (Å²) in [6, 6.07) is 10.2. The molecule has 2 aromatic carbocycles. The fraction of sp³-hybridized carbons (Fsp3) is 0.217. The summed E-state index contributed by atoms with van der Waals surface area (Å²) >= 11 is 6.22. The van der Waals surface area contributed by atoms with Gasteiger partial charge in [-0.1, -0.05) is 23.7 Å². The van der Waals surface area contributed by atoms with Crippen LogP contribution in [0.1, 0.15) is 5.56 Å². The molecule has 160 valence electrons. The van der Waals surface area contributed by atoms with Crippen LogP contribution in [0.15, 0.2) is 51.8 Å². The minimum Gasteiger partial charge on any atom is -0.453 e. The first kappa shape index (κ1) is 21.6. The van der Waals surface area contributed by atoms with Crippen molar-refractivity contribution in [1.82, 2.24) is 10.3 Å². The van der Waals surface area contributed by atoms with E-state index in [1.165, 1.54) is 6.07 Å². The molecule has 0 atom stereocenters. The Morgan fingerprint density at radius 3 is 2.71 bits per heavy atom. The molecule has 1 aliphatic heterocycles. The second kappa shape index (κ2) is 8.46. The number of aryl methyl sites for hydroxylation is 1. The summed E-state index contributed by atoms with van der Waals surface area (Å²) in [5, 5.41) is 3.89. The molecule has 2 aromatic heterocycles. The molecule has 4 aromatic rings. The van der Waals surface area contributed by atoms with Crippen LogP contribution < -0.4 is 15.6 Å². The van der Waals surface area contributed by atoms with E-state index in [1.54, 1.807) is 30.5 Å². The maximum absolute atomic E-state index is 15.0. The SMILES string of the molecule is Cc1cnc2c(=O)c3c(Cl)cccc3oc2c1-c1ccc(N2CCNCC2)c(F)c1.Cl. The summed E-state index contributed by atoms with van der Waals surface area (Å²) in [5.41, 5.74) is 3.27. The summed E-state index contributed by atoms with van der Waals surface area (Å²) in [5.74, 6) is -0.301. The Balaban J connectivity index is 0.00000231. The van der Waals surface area contributed by atoms with Gasteiger partial charge in [0, 0.05) is 37.9 Å². The normalized spacial score (nSPS) is 14.1. The van der Waals surface area contributed by atoms with Crippen molar-refractivity contribution in [2.45, 2.75) is 6.92 Å². The van der Waals surface area contributed by atoms with E-state index in [0.29, 0.717) is 38.4 Å². The van der Waals surface area contributed by atoms with Crippen molar-refractivity contribution >= 4 is 51.8 Å². The number of fused-ring (bicyclic) bond motifs is 2. The van der Waals surface area contributed by atoms with Crippen molar-refractivity contribution in [1.29, 1.82) is 0 Å². The van der Waals surface area contributed by atoms with E-state index >= 15 is 4.39 Å². The van der Waals surface area contributed by atoms with E-state index in [9.17, 15) is 4.79 Å². The second-order valence-corrected chi connectivity index (χ2v) is 7.85. The van der Waals surface area contributed by atoms with Gasteiger partial charge in [0.2, 0.25) is 5.43 Å². The predicted molar refractivity (Wildman–Crippen MR) is 125 cm³/mol. The summed E-state index contributed by atoms with van der Waals surface area (Å²) in [6.45, 7) is 5.04. The molecule has 31 heavy (non-hydrogen) atoms. The molecule has 0 amide bonds. The number of halogens is 3. The average molecular weight is 460 g/mol. The number of pyridine rings is 1. The van der Waals surface area contributed by atoms with Gasteiger partial charge in [-0.05, 0) is 42.3 Å². The van der Waals surface area contributed by atoms with Crippen LogP contribution in [0, 0.1) is 12.7 Å². The number of hydrogen-bond acceptors (Lipinski definition) is 5. The molecule has 3 heterocycles. The van der Waals surface area contributed by atoms with Gasteiger partial charge in [0.15, 0.2) is 11.1 Å². The van der Waals surface area contributed by atoms with Crippen molar-refractivity contribution in [3.05, 3.63) is 69.2 Å². The van der Waals surface area contributed by atoms with Gasteiger partial charge in [0.25, 0.3) is 0 Å². The van der Waals surface area contributed by atoms with Gasteiger partial charge in [-0.25, -0.2) is 9.37 Å². The van der Waals surface area contributed by atoms with E-state index in [-0.39, 0.29) is 29.2 Å². The molecular formula is C23H20Cl2FN3O2. The fourth-order valence-electron chi connectivity index (χ4n) is 4.06. The Bertz CT molecular complexity index is 1350. The third-order valence-electron chi connectivity index (χ3n) is 5.55. The first-order chi connectivity index (χ1) is 14.5. The van der Waals surface area contributed by atoms with Gasteiger partial charge in [-0.15, -0.1) is 12.4 Å². The lowest BCUT2D eigenvalue weighted by molar-refractivity contribution is 0.566. The van der Waals surface area contributed by atoms with Crippen LogP contribution >= 0.6 is 24.0 Å². The lowest BCUT2D eigenvalue weighted by atomic mass is 9.99. The van der Waals surface area contributed by atoms with Gasteiger partial charge in [0.1, 0.15) is 11.4 Å². The van der Waals surface area contributed by atoms with E-state index < -0.39 is 0 Å². The molecule has 1 fully saturated rings. The van der Waals surface area contributed by atoms with E-state index in [2.05, 4.69) is 10.3 Å². The van der Waals surface area contributed by atoms with Gasteiger partial charge in [-0.3, -0.25) is 4.79 Å². The largest absolute Gasteiger partial charge is 0.453 e. The molecular weight excluding hydrogens is 440 g/mol. The zero-order valence-electron chi connectivity index (χ0n) is 16.7. The van der Waals surface area contributed by atoms with Crippen molar-refractivity contribution in [3.63, 3.8) is 0 Å². The van der Waals surface area contributed by atoms with Crippen LogP contribution in [-0.2, 0) is 0 Å². The van der Waals surface area contributed by atoms with E-state index in [4.69, 9.17) is 16.0 Å². The van der Waals surface area contributed by atoms with Crippen molar-refractivity contribution in [3.8, 4) is 11.1 Å². The third kappa shape index (κ3) is 3.65. The van der Waals surface area contributed by atoms with Gasteiger partial charge in [0.05, 0.1) is 16.1 Å². The van der Waals surface area contributed by atoms with Gasteiger partial charge < -0.3 is 14.6 Å². The molecule has 8 heteroatoms. The maximum Gasteiger partial charge on any atom is 0.220 e. The second-order valence-electron chi connectivity index (χ2n) is 7.44. The zero-order chi connectivity index (χ0) is 20.8. The summed E-state index contributed by atoms with van der Waals surface area (Å²) < 4.78 is 21.1. The summed E-state index contributed by atoms with van der Waals surface area (Å²) in [6.07, 6.45) is 1.61. The quantitative estimate of drug-likeness (QED) is 0.430. The van der Waals surface area contributed by atoms with Crippen LogP contribution in [-0.4, -0.2) is 31.2 Å². The Hall–Kier alpha value is -2.67. The highest BCUT2D eigenvalue weighted by molar-refractivity contribution is 6.35. The standard InChI is InChI=1S/C23H19ClFN3O2.ClH/c1-13-12-27-21-22(29)20-15(24)3-2-4-18(20)30-23(21)19(13)14-5-6-17(16(25)11-14)28-9-7-26-8-10-28;/h2-6,11-12,26H,7-10H2,1H3;1H. The average Bonchev–Trinajstić information content (AvgIpc) is 2.74. The zero-order valence-corrected chi connectivity index (χ0v) is 18.3. The first-order valence-electron chi connectivity index (χ1n) is 9.81. The lowest BCUT2D eigenvalue weighted by Gasteiger charge is -2.29. The van der Waals surface area contributed by atoms with Crippen LogP contribution in [0.3, 0.4) is 0 Å². The smallest absolute Gasteiger partial charge is 0.220 e. The molecule has 1 aliphatic rings. The molecule has 1 saturated heterocycles. The number of rotatable bonds is 2. The first-order valence-corrected chi connectivity index (χ1v) is 10.2. The third-order valence-corrected chi connectivity index (χ3v) is 5.86.